The minimum Gasteiger partial charge on any atom is -0.497 e. The van der Waals surface area contributed by atoms with Crippen LogP contribution in [0.2, 0.25) is 0 Å². The first-order valence-corrected chi connectivity index (χ1v) is 9.40. The van der Waals surface area contributed by atoms with E-state index in [1.165, 1.54) is 5.56 Å². The number of amides is 1. The third kappa shape index (κ3) is 8.22. The summed E-state index contributed by atoms with van der Waals surface area (Å²) in [5, 5.41) is 3.40. The Balaban J connectivity index is 0.00000392. The number of halogens is 1. The van der Waals surface area contributed by atoms with Gasteiger partial charge in [-0.1, -0.05) is 12.1 Å². The fourth-order valence-electron chi connectivity index (χ4n) is 2.91. The van der Waals surface area contributed by atoms with Crippen LogP contribution in [-0.4, -0.2) is 82.8 Å². The number of likely N-dealkylation sites (N-methyl/N-ethyl adjacent to an activating group) is 1. The second-order valence-corrected chi connectivity index (χ2v) is 7.06. The molecule has 1 aromatic carbocycles. The standard InChI is InChI=1S/C20H32N4O3.HI/c1-23(2)19(25)13-22-20(24(3)14-17-10-12-27-15-17)21-11-9-16-5-7-18(26-4)8-6-16;/h5-8,17H,9-15H2,1-4H3,(H,21,22);1H. The summed E-state index contributed by atoms with van der Waals surface area (Å²) in [6, 6.07) is 8.05. The van der Waals surface area contributed by atoms with Crippen molar-refractivity contribution in [2.24, 2.45) is 10.9 Å². The largest absolute Gasteiger partial charge is 0.497 e. The molecule has 2 rings (SSSR count). The molecule has 1 aliphatic rings. The van der Waals surface area contributed by atoms with E-state index < -0.39 is 0 Å². The number of nitrogens with zero attached hydrogens (tertiary/aromatic N) is 3. The first-order valence-electron chi connectivity index (χ1n) is 9.40. The van der Waals surface area contributed by atoms with E-state index in [1.54, 1.807) is 26.1 Å². The fraction of sp³-hybridized carbons (Fsp3) is 0.600. The van der Waals surface area contributed by atoms with Crippen LogP contribution in [0.15, 0.2) is 29.3 Å². The summed E-state index contributed by atoms with van der Waals surface area (Å²) >= 11 is 0. The number of ether oxygens (including phenoxy) is 2. The fourth-order valence-corrected chi connectivity index (χ4v) is 2.91. The Morgan fingerprint density at radius 3 is 2.57 bits per heavy atom. The summed E-state index contributed by atoms with van der Waals surface area (Å²) in [6.45, 7) is 3.37. The molecule has 0 spiro atoms. The third-order valence-electron chi connectivity index (χ3n) is 4.64. The molecular formula is C20H33IN4O3. The van der Waals surface area contributed by atoms with Crippen LogP contribution in [0.5, 0.6) is 5.75 Å². The van der Waals surface area contributed by atoms with Gasteiger partial charge in [-0.15, -0.1) is 24.0 Å². The van der Waals surface area contributed by atoms with Crippen molar-refractivity contribution in [1.82, 2.24) is 15.1 Å². The molecule has 7 nitrogen and oxygen atoms in total. The number of nitrogens with one attached hydrogen (secondary N) is 1. The van der Waals surface area contributed by atoms with E-state index in [1.807, 2.05) is 19.2 Å². The molecule has 158 valence electrons. The number of carbonyl (C=O) groups excluding carboxylic acids is 1. The summed E-state index contributed by atoms with van der Waals surface area (Å²) in [5.74, 6) is 2.11. The highest BCUT2D eigenvalue weighted by molar-refractivity contribution is 14.0. The third-order valence-corrected chi connectivity index (χ3v) is 4.64. The molecule has 1 heterocycles. The zero-order chi connectivity index (χ0) is 19.6. The van der Waals surface area contributed by atoms with Gasteiger partial charge in [0.2, 0.25) is 5.91 Å². The number of carbonyl (C=O) groups is 1. The maximum absolute atomic E-state index is 11.9. The van der Waals surface area contributed by atoms with Gasteiger partial charge in [0.15, 0.2) is 5.96 Å². The van der Waals surface area contributed by atoms with Gasteiger partial charge in [-0.3, -0.25) is 4.79 Å². The highest BCUT2D eigenvalue weighted by Gasteiger charge is 2.19. The monoisotopic (exact) mass is 504 g/mol. The van der Waals surface area contributed by atoms with Crippen LogP contribution in [0, 0.1) is 5.92 Å². The molecule has 1 amide bonds. The summed E-state index contributed by atoms with van der Waals surface area (Å²) in [5.41, 5.74) is 1.22. The van der Waals surface area contributed by atoms with Crippen LogP contribution in [0.25, 0.3) is 0 Å². The van der Waals surface area contributed by atoms with Crippen LogP contribution in [0.3, 0.4) is 0 Å². The summed E-state index contributed by atoms with van der Waals surface area (Å²) < 4.78 is 10.7. The zero-order valence-corrected chi connectivity index (χ0v) is 19.6. The van der Waals surface area contributed by atoms with E-state index in [2.05, 4.69) is 27.3 Å². The molecule has 1 unspecified atom stereocenters. The number of aliphatic imine (C=N–C) groups is 1. The van der Waals surface area contributed by atoms with Gasteiger partial charge in [0.05, 0.1) is 13.7 Å². The van der Waals surface area contributed by atoms with Crippen molar-refractivity contribution in [3.05, 3.63) is 29.8 Å². The van der Waals surface area contributed by atoms with Crippen LogP contribution in [0.1, 0.15) is 12.0 Å². The molecule has 0 radical (unpaired) electrons. The van der Waals surface area contributed by atoms with Crippen molar-refractivity contribution >= 4 is 35.8 Å². The van der Waals surface area contributed by atoms with Gasteiger partial charge in [0.1, 0.15) is 12.3 Å². The number of benzene rings is 1. The van der Waals surface area contributed by atoms with Gasteiger partial charge < -0.3 is 24.6 Å². The van der Waals surface area contributed by atoms with Gasteiger partial charge in [0, 0.05) is 46.8 Å². The second kappa shape index (κ2) is 12.8. The molecule has 8 heteroatoms. The lowest BCUT2D eigenvalue weighted by Crippen LogP contribution is -2.43. The molecule has 1 aromatic rings. The number of guanidine groups is 1. The van der Waals surface area contributed by atoms with E-state index in [9.17, 15) is 4.79 Å². The zero-order valence-electron chi connectivity index (χ0n) is 17.3. The van der Waals surface area contributed by atoms with E-state index in [4.69, 9.17) is 9.47 Å². The maximum Gasteiger partial charge on any atom is 0.243 e. The molecule has 1 aliphatic heterocycles. The van der Waals surface area contributed by atoms with E-state index in [0.29, 0.717) is 5.92 Å². The lowest BCUT2D eigenvalue weighted by molar-refractivity contribution is -0.127. The lowest BCUT2D eigenvalue weighted by atomic mass is 10.1. The molecule has 0 aromatic heterocycles. The average Bonchev–Trinajstić information content (AvgIpc) is 3.17. The molecule has 0 aliphatic carbocycles. The van der Waals surface area contributed by atoms with Crippen LogP contribution < -0.4 is 10.1 Å². The molecular weight excluding hydrogens is 471 g/mol. The van der Waals surface area contributed by atoms with Crippen LogP contribution in [-0.2, 0) is 16.0 Å². The summed E-state index contributed by atoms with van der Waals surface area (Å²) in [6.07, 6.45) is 1.94. The highest BCUT2D eigenvalue weighted by Crippen LogP contribution is 2.13. The Labute approximate surface area is 185 Å². The molecule has 0 bridgehead atoms. The minimum atomic E-state index is -0.0120. The van der Waals surface area contributed by atoms with Gasteiger partial charge in [0.25, 0.3) is 0 Å². The summed E-state index contributed by atoms with van der Waals surface area (Å²) in [7, 11) is 7.17. The first kappa shape index (κ1) is 24.5. The van der Waals surface area contributed by atoms with Crippen LogP contribution >= 0.6 is 24.0 Å². The van der Waals surface area contributed by atoms with Crippen molar-refractivity contribution in [2.75, 3.05) is 61.1 Å². The Kier molecular flexibility index (Phi) is 11.2. The predicted molar refractivity (Wildman–Crippen MR) is 123 cm³/mol. The van der Waals surface area contributed by atoms with E-state index >= 15 is 0 Å². The minimum absolute atomic E-state index is 0. The maximum atomic E-state index is 11.9. The Hall–Kier alpha value is -1.55. The van der Waals surface area contributed by atoms with Crippen molar-refractivity contribution in [2.45, 2.75) is 12.8 Å². The number of hydrogen-bond acceptors (Lipinski definition) is 4. The average molecular weight is 504 g/mol. The second-order valence-electron chi connectivity index (χ2n) is 7.06. The van der Waals surface area contributed by atoms with Crippen molar-refractivity contribution in [1.29, 1.82) is 0 Å². The molecule has 0 saturated carbocycles. The number of hydrogen-bond donors (Lipinski definition) is 1. The van der Waals surface area contributed by atoms with E-state index in [0.717, 1.165) is 50.9 Å². The van der Waals surface area contributed by atoms with Crippen molar-refractivity contribution < 1.29 is 14.3 Å². The Bertz CT molecular complexity index is 616. The van der Waals surface area contributed by atoms with Crippen molar-refractivity contribution in [3.8, 4) is 5.75 Å². The molecule has 1 saturated heterocycles. The Morgan fingerprint density at radius 2 is 2.00 bits per heavy atom. The molecule has 1 fully saturated rings. The quantitative estimate of drug-likeness (QED) is 0.333. The van der Waals surface area contributed by atoms with Crippen LogP contribution in [0.4, 0.5) is 0 Å². The van der Waals surface area contributed by atoms with Gasteiger partial charge in [-0.25, -0.2) is 4.99 Å². The van der Waals surface area contributed by atoms with Crippen molar-refractivity contribution in [3.63, 3.8) is 0 Å². The smallest absolute Gasteiger partial charge is 0.243 e. The topological polar surface area (TPSA) is 66.4 Å². The molecule has 1 N–H and O–H groups in total. The first-order chi connectivity index (χ1) is 13.0. The highest BCUT2D eigenvalue weighted by atomic mass is 127. The lowest BCUT2D eigenvalue weighted by Gasteiger charge is -2.25. The SMILES string of the molecule is COc1ccc(CCNC(=NCC(=O)N(C)C)N(C)CC2CCOC2)cc1.I. The Morgan fingerprint density at radius 1 is 1.29 bits per heavy atom. The van der Waals surface area contributed by atoms with Gasteiger partial charge in [-0.2, -0.15) is 0 Å². The summed E-state index contributed by atoms with van der Waals surface area (Å²) in [4.78, 5) is 20.1. The van der Waals surface area contributed by atoms with Gasteiger partial charge in [-0.05, 0) is 30.5 Å². The predicted octanol–water partition coefficient (Wildman–Crippen LogP) is 1.86. The number of methoxy groups -OCH3 is 1. The number of rotatable bonds is 8. The molecule has 28 heavy (non-hydrogen) atoms. The molecule has 1 atom stereocenters. The van der Waals surface area contributed by atoms with Gasteiger partial charge >= 0.3 is 0 Å². The van der Waals surface area contributed by atoms with E-state index in [-0.39, 0.29) is 36.4 Å². The normalized spacial score (nSPS) is 16.3.